The number of ether oxygens (including phenoxy) is 1. The maximum atomic E-state index is 12.1. The third-order valence-electron chi connectivity index (χ3n) is 6.15. The van der Waals surface area contributed by atoms with Crippen LogP contribution in [0.2, 0.25) is 0 Å². The number of hydrogen-bond donors (Lipinski definition) is 1. The highest BCUT2D eigenvalue weighted by Crippen LogP contribution is 2.53. The number of rotatable bonds is 1. The molecule has 132 valence electrons. The van der Waals surface area contributed by atoms with Crippen LogP contribution in [-0.2, 0) is 16.1 Å². The predicted molar refractivity (Wildman–Crippen MR) is 97.0 cm³/mol. The second kappa shape index (κ2) is 5.84. The van der Waals surface area contributed by atoms with Crippen molar-refractivity contribution in [1.82, 2.24) is 4.90 Å². The largest absolute Gasteiger partial charge is 0.449 e. The van der Waals surface area contributed by atoms with Crippen LogP contribution in [0.5, 0.6) is 0 Å². The number of carbonyl (C=O) groups is 1. The Labute approximate surface area is 153 Å². The second-order valence-corrected chi connectivity index (χ2v) is 7.57. The summed E-state index contributed by atoms with van der Waals surface area (Å²) < 4.78 is 5.92. The zero-order chi connectivity index (χ0) is 17.7. The Balaban J connectivity index is 1.52. The molecule has 0 aromatic heterocycles. The molecule has 4 heteroatoms. The molecule has 4 aliphatic rings. The third-order valence-corrected chi connectivity index (χ3v) is 6.15. The standard InChI is InChI=1S/C22H21NO3/c24-14-16-6-4-15(5-7-16)8-9-17-11-18-13-22(19(17)12-21(25)26-22)20-3-1-2-10-23(18)20/h4-7,11-12,18,20,24H,1-3,10,13-14H2/t18-,20-,22+/m1/s1. The number of hydrogen-bond acceptors (Lipinski definition) is 4. The van der Waals surface area contributed by atoms with E-state index in [0.29, 0.717) is 12.1 Å². The fourth-order valence-electron chi connectivity index (χ4n) is 5.00. The van der Waals surface area contributed by atoms with Gasteiger partial charge in [-0.15, -0.1) is 0 Å². The Kier molecular flexibility index (Phi) is 3.56. The Morgan fingerprint density at radius 1 is 1.23 bits per heavy atom. The number of esters is 1. The molecule has 0 radical (unpaired) electrons. The van der Waals surface area contributed by atoms with Gasteiger partial charge in [0.1, 0.15) is 0 Å². The summed E-state index contributed by atoms with van der Waals surface area (Å²) >= 11 is 0. The van der Waals surface area contributed by atoms with E-state index in [2.05, 4.69) is 22.8 Å². The Morgan fingerprint density at radius 2 is 2.08 bits per heavy atom. The maximum Gasteiger partial charge on any atom is 0.332 e. The zero-order valence-corrected chi connectivity index (χ0v) is 14.6. The summed E-state index contributed by atoms with van der Waals surface area (Å²) in [5.74, 6) is 6.28. The Bertz CT molecular complexity index is 886. The minimum Gasteiger partial charge on any atom is -0.449 e. The molecular formula is C22H21NO3. The summed E-state index contributed by atoms with van der Waals surface area (Å²) in [6.45, 7) is 1.11. The minimum absolute atomic E-state index is 0.0343. The number of nitrogens with zero attached hydrogens (tertiary/aromatic N) is 1. The van der Waals surface area contributed by atoms with E-state index in [-0.39, 0.29) is 12.6 Å². The van der Waals surface area contributed by atoms with Gasteiger partial charge in [0.25, 0.3) is 0 Å². The Hall–Kier alpha value is -2.35. The van der Waals surface area contributed by atoms with E-state index in [1.807, 2.05) is 24.3 Å². The molecule has 1 aliphatic carbocycles. The Morgan fingerprint density at radius 3 is 2.88 bits per heavy atom. The normalized spacial score (nSPS) is 32.0. The lowest BCUT2D eigenvalue weighted by molar-refractivity contribution is -0.148. The summed E-state index contributed by atoms with van der Waals surface area (Å²) in [5, 5.41) is 9.15. The van der Waals surface area contributed by atoms with Crippen molar-refractivity contribution < 1.29 is 14.6 Å². The summed E-state index contributed by atoms with van der Waals surface area (Å²) in [6, 6.07) is 8.20. The number of carbonyl (C=O) groups excluding carboxylic acids is 1. The lowest BCUT2D eigenvalue weighted by Gasteiger charge is -2.38. The van der Waals surface area contributed by atoms with Gasteiger partial charge < -0.3 is 9.84 Å². The summed E-state index contributed by atoms with van der Waals surface area (Å²) in [7, 11) is 0. The lowest BCUT2D eigenvalue weighted by atomic mass is 9.77. The van der Waals surface area contributed by atoms with E-state index in [4.69, 9.17) is 9.84 Å². The quantitative estimate of drug-likeness (QED) is 0.626. The molecule has 1 N–H and O–H groups in total. The average molecular weight is 347 g/mol. The van der Waals surface area contributed by atoms with Crippen LogP contribution in [0.4, 0.5) is 0 Å². The number of aliphatic hydroxyl groups excluding tert-OH is 1. The summed E-state index contributed by atoms with van der Waals surface area (Å²) in [5.41, 5.74) is 3.21. The minimum atomic E-state index is -0.484. The van der Waals surface area contributed by atoms with Crippen molar-refractivity contribution in [2.75, 3.05) is 6.54 Å². The van der Waals surface area contributed by atoms with Crippen molar-refractivity contribution in [3.8, 4) is 11.8 Å². The molecule has 3 atom stereocenters. The van der Waals surface area contributed by atoms with Gasteiger partial charge in [0.05, 0.1) is 12.6 Å². The van der Waals surface area contributed by atoms with Crippen molar-refractivity contribution in [3.05, 3.63) is 58.7 Å². The molecule has 4 nitrogen and oxygen atoms in total. The van der Waals surface area contributed by atoms with Crippen molar-refractivity contribution in [3.63, 3.8) is 0 Å². The molecule has 3 heterocycles. The van der Waals surface area contributed by atoms with Crippen LogP contribution in [0.15, 0.2) is 47.6 Å². The molecule has 1 aromatic rings. The van der Waals surface area contributed by atoms with Crippen LogP contribution in [0.1, 0.15) is 36.8 Å². The van der Waals surface area contributed by atoms with Gasteiger partial charge in [-0.05, 0) is 37.1 Å². The van der Waals surface area contributed by atoms with E-state index in [0.717, 1.165) is 41.7 Å². The van der Waals surface area contributed by atoms with Crippen LogP contribution >= 0.6 is 0 Å². The second-order valence-electron chi connectivity index (χ2n) is 7.57. The molecule has 2 saturated heterocycles. The molecule has 26 heavy (non-hydrogen) atoms. The van der Waals surface area contributed by atoms with Crippen LogP contribution in [0, 0.1) is 11.8 Å². The third kappa shape index (κ3) is 2.28. The van der Waals surface area contributed by atoms with Gasteiger partial charge in [-0.25, -0.2) is 4.79 Å². The van der Waals surface area contributed by atoms with Gasteiger partial charge in [0.15, 0.2) is 5.60 Å². The van der Waals surface area contributed by atoms with Crippen LogP contribution in [-0.4, -0.2) is 40.2 Å². The summed E-state index contributed by atoms with van der Waals surface area (Å²) in [4.78, 5) is 14.7. The van der Waals surface area contributed by atoms with E-state index >= 15 is 0 Å². The first-order chi connectivity index (χ1) is 12.7. The van der Waals surface area contributed by atoms with Gasteiger partial charge in [0, 0.05) is 35.2 Å². The van der Waals surface area contributed by atoms with E-state index < -0.39 is 5.60 Å². The maximum absolute atomic E-state index is 12.1. The fourth-order valence-corrected chi connectivity index (χ4v) is 5.00. The molecule has 2 fully saturated rings. The zero-order valence-electron chi connectivity index (χ0n) is 14.6. The lowest BCUT2D eigenvalue weighted by Crippen LogP contribution is -2.48. The van der Waals surface area contributed by atoms with E-state index in [1.165, 1.54) is 12.8 Å². The average Bonchev–Trinajstić information content (AvgIpc) is 3.15. The molecule has 0 unspecified atom stereocenters. The van der Waals surface area contributed by atoms with Crippen molar-refractivity contribution >= 4 is 5.97 Å². The van der Waals surface area contributed by atoms with Crippen molar-refractivity contribution in [2.45, 2.75) is 50.0 Å². The number of piperidine rings is 1. The topological polar surface area (TPSA) is 49.8 Å². The van der Waals surface area contributed by atoms with Gasteiger partial charge in [-0.1, -0.05) is 36.5 Å². The van der Waals surface area contributed by atoms with E-state index in [1.54, 1.807) is 6.08 Å². The smallest absolute Gasteiger partial charge is 0.332 e. The molecule has 5 rings (SSSR count). The first kappa shape index (κ1) is 15.9. The van der Waals surface area contributed by atoms with E-state index in [9.17, 15) is 4.79 Å². The van der Waals surface area contributed by atoms with Gasteiger partial charge in [-0.3, -0.25) is 4.90 Å². The van der Waals surface area contributed by atoms with Crippen molar-refractivity contribution in [1.29, 1.82) is 0 Å². The van der Waals surface area contributed by atoms with Gasteiger partial charge >= 0.3 is 5.97 Å². The molecule has 0 amide bonds. The first-order valence-corrected chi connectivity index (χ1v) is 9.34. The monoisotopic (exact) mass is 347 g/mol. The SMILES string of the molecule is O=C1C=C2C(C#Cc3ccc(CO)cc3)=C[C@@H]3C[C@@]2(O1)[C@H]1CCCCN31. The highest BCUT2D eigenvalue weighted by molar-refractivity contribution is 5.90. The van der Waals surface area contributed by atoms with Crippen molar-refractivity contribution in [2.24, 2.45) is 0 Å². The number of benzene rings is 1. The molecule has 3 aliphatic heterocycles. The fraction of sp³-hybridized carbons (Fsp3) is 0.409. The molecule has 1 aromatic carbocycles. The van der Waals surface area contributed by atoms with Crippen LogP contribution in [0.25, 0.3) is 0 Å². The predicted octanol–water partition coefficient (Wildman–Crippen LogP) is 2.32. The van der Waals surface area contributed by atoms with Gasteiger partial charge in [-0.2, -0.15) is 0 Å². The first-order valence-electron chi connectivity index (χ1n) is 9.34. The van der Waals surface area contributed by atoms with Gasteiger partial charge in [0.2, 0.25) is 0 Å². The van der Waals surface area contributed by atoms with Crippen LogP contribution < -0.4 is 0 Å². The number of aliphatic hydroxyl groups is 1. The molecular weight excluding hydrogens is 326 g/mol. The molecule has 2 bridgehead atoms. The number of fused-ring (bicyclic) bond motifs is 3. The summed E-state index contributed by atoms with van der Waals surface area (Å²) in [6.07, 6.45) is 8.24. The molecule has 0 saturated carbocycles. The van der Waals surface area contributed by atoms with Crippen LogP contribution in [0.3, 0.4) is 0 Å². The highest BCUT2D eigenvalue weighted by atomic mass is 16.6. The highest BCUT2D eigenvalue weighted by Gasteiger charge is 2.61. The molecule has 1 spiro atoms.